The van der Waals surface area contributed by atoms with Gasteiger partial charge in [-0.25, -0.2) is 0 Å². The zero-order valence-corrected chi connectivity index (χ0v) is 39.7. The Labute approximate surface area is 420 Å². The molecule has 0 saturated carbocycles. The van der Waals surface area contributed by atoms with Crippen LogP contribution in [0.15, 0.2) is 267 Å². The number of hydrogen-bond donors (Lipinski definition) is 0. The molecule has 0 aliphatic carbocycles. The molecule has 0 heterocycles. The Kier molecular flexibility index (Phi) is 11.0. The predicted octanol–water partition coefficient (Wildman–Crippen LogP) is 20.1. The second-order valence-electron chi connectivity index (χ2n) is 18.7. The smallest absolute Gasteiger partial charge is 0.00139 e. The van der Waals surface area contributed by atoms with Crippen LogP contribution in [0.25, 0.3) is 134 Å². The molecule has 0 aliphatic rings. The molecule has 72 heavy (non-hydrogen) atoms. The van der Waals surface area contributed by atoms with E-state index in [1.807, 2.05) is 0 Å². The van der Waals surface area contributed by atoms with E-state index in [9.17, 15) is 0 Å². The van der Waals surface area contributed by atoms with Crippen molar-refractivity contribution in [2.45, 2.75) is 0 Å². The van der Waals surface area contributed by atoms with Crippen molar-refractivity contribution in [3.05, 3.63) is 289 Å². The summed E-state index contributed by atoms with van der Waals surface area (Å²) in [6.45, 7) is 0. The molecule has 0 unspecified atom stereocenters. The summed E-state index contributed by atoms with van der Waals surface area (Å²) >= 11 is 0. The first-order chi connectivity index (χ1) is 35.7. The normalized spacial score (nSPS) is 11.8. The highest BCUT2D eigenvalue weighted by molar-refractivity contribution is 6.28. The van der Waals surface area contributed by atoms with Gasteiger partial charge in [0.05, 0.1) is 0 Å². The Morgan fingerprint density at radius 2 is 0.569 bits per heavy atom. The summed E-state index contributed by atoms with van der Waals surface area (Å²) in [4.78, 5) is 0. The van der Waals surface area contributed by atoms with E-state index in [2.05, 4.69) is 291 Å². The molecule has 0 fully saturated rings. The molecule has 0 spiro atoms. The standard InChI is InChI=1S/C72H48/c1-3-18-49(19-4-1)40-42-51-22-11-26-55(46-51)58-30-13-35-63-61(58)33-16-37-65(63)70-67-28-9-10-29-68(67)72(71-60(32-15-39-69(70)71)57-45-44-53-24-7-8-25-54(53)48-57)66-38-17-34-62-59(31-14-36-64(62)66)56-27-12-23-52(47-56)43-41-50-20-5-2-6-21-50/h1-48H/b42-40+,43-41+. The third-order valence-electron chi connectivity index (χ3n) is 14.4. The minimum Gasteiger partial charge on any atom is -0.0622 e. The van der Waals surface area contributed by atoms with E-state index in [1.165, 1.54) is 132 Å². The van der Waals surface area contributed by atoms with Gasteiger partial charge in [0.2, 0.25) is 0 Å². The second-order valence-corrected chi connectivity index (χ2v) is 18.7. The third-order valence-corrected chi connectivity index (χ3v) is 14.4. The molecule has 13 aromatic rings. The maximum atomic E-state index is 2.37. The molecular weight excluding hydrogens is 865 g/mol. The Balaban J connectivity index is 1.04. The fourth-order valence-corrected chi connectivity index (χ4v) is 11.1. The van der Waals surface area contributed by atoms with Gasteiger partial charge in [-0.15, -0.1) is 0 Å². The molecule has 0 N–H and O–H groups in total. The van der Waals surface area contributed by atoms with Gasteiger partial charge in [0.1, 0.15) is 0 Å². The Bertz CT molecular complexity index is 4250. The molecule has 13 rings (SSSR count). The SMILES string of the molecule is C(=C\c1cccc(-c2cccc3c(-c4c5ccccc5c(-c5cccc6c(-c7cccc(/C=C/c8ccccc8)c7)cccc56)c5c(-c6ccc7ccccc7c6)cccc45)cccc23)c1)/c1ccccc1. The Morgan fingerprint density at radius 1 is 0.194 bits per heavy atom. The van der Waals surface area contributed by atoms with E-state index in [-0.39, 0.29) is 0 Å². The topological polar surface area (TPSA) is 0 Å². The fourth-order valence-electron chi connectivity index (χ4n) is 11.1. The van der Waals surface area contributed by atoms with Crippen LogP contribution in [0.3, 0.4) is 0 Å². The van der Waals surface area contributed by atoms with Crippen LogP contribution >= 0.6 is 0 Å². The molecule has 0 nitrogen and oxygen atoms in total. The molecule has 0 radical (unpaired) electrons. The summed E-state index contributed by atoms with van der Waals surface area (Å²) in [5.74, 6) is 0. The number of hydrogen-bond acceptors (Lipinski definition) is 0. The lowest BCUT2D eigenvalue weighted by molar-refractivity contribution is 1.61. The maximum Gasteiger partial charge on any atom is -0.00139 e. The van der Waals surface area contributed by atoms with E-state index in [1.54, 1.807) is 0 Å². The van der Waals surface area contributed by atoms with Gasteiger partial charge in [-0.1, -0.05) is 273 Å². The van der Waals surface area contributed by atoms with Gasteiger partial charge in [0, 0.05) is 0 Å². The average molecular weight is 913 g/mol. The van der Waals surface area contributed by atoms with Gasteiger partial charge in [0.15, 0.2) is 0 Å². The highest BCUT2D eigenvalue weighted by atomic mass is 14.3. The van der Waals surface area contributed by atoms with Crippen molar-refractivity contribution in [3.63, 3.8) is 0 Å². The Hall–Kier alpha value is -9.36. The van der Waals surface area contributed by atoms with E-state index >= 15 is 0 Å². The van der Waals surface area contributed by atoms with Gasteiger partial charge >= 0.3 is 0 Å². The highest BCUT2D eigenvalue weighted by Crippen LogP contribution is 2.50. The largest absolute Gasteiger partial charge is 0.0622 e. The zero-order chi connectivity index (χ0) is 47.8. The highest BCUT2D eigenvalue weighted by Gasteiger charge is 2.23. The van der Waals surface area contributed by atoms with Crippen molar-refractivity contribution in [3.8, 4) is 55.6 Å². The quantitative estimate of drug-likeness (QED) is 0.1000. The number of fused-ring (bicyclic) bond motifs is 5. The van der Waals surface area contributed by atoms with E-state index in [0.29, 0.717) is 0 Å². The first kappa shape index (κ1) is 42.7. The van der Waals surface area contributed by atoms with Crippen LogP contribution in [0.2, 0.25) is 0 Å². The van der Waals surface area contributed by atoms with Crippen molar-refractivity contribution in [2.24, 2.45) is 0 Å². The molecule has 0 aromatic heterocycles. The van der Waals surface area contributed by atoms with Gasteiger partial charge in [-0.2, -0.15) is 0 Å². The third kappa shape index (κ3) is 7.86. The predicted molar refractivity (Wildman–Crippen MR) is 312 cm³/mol. The van der Waals surface area contributed by atoms with Gasteiger partial charge in [-0.3, -0.25) is 0 Å². The van der Waals surface area contributed by atoms with Crippen LogP contribution in [0.4, 0.5) is 0 Å². The van der Waals surface area contributed by atoms with Gasteiger partial charge in [-0.05, 0) is 150 Å². The van der Waals surface area contributed by atoms with E-state index < -0.39 is 0 Å². The molecular formula is C72H48. The summed E-state index contributed by atoms with van der Waals surface area (Å²) in [5, 5.41) is 12.3. The van der Waals surface area contributed by atoms with Crippen molar-refractivity contribution < 1.29 is 0 Å². The van der Waals surface area contributed by atoms with Crippen molar-refractivity contribution in [1.29, 1.82) is 0 Å². The summed E-state index contributed by atoms with van der Waals surface area (Å²) in [7, 11) is 0. The zero-order valence-electron chi connectivity index (χ0n) is 39.7. The lowest BCUT2D eigenvalue weighted by atomic mass is 9.80. The molecule has 13 aromatic carbocycles. The van der Waals surface area contributed by atoms with Crippen molar-refractivity contribution >= 4 is 78.2 Å². The van der Waals surface area contributed by atoms with Crippen molar-refractivity contribution in [1.82, 2.24) is 0 Å². The van der Waals surface area contributed by atoms with Crippen LogP contribution in [-0.4, -0.2) is 0 Å². The summed E-state index contributed by atoms with van der Waals surface area (Å²) in [6, 6.07) is 98.0. The van der Waals surface area contributed by atoms with Crippen LogP contribution in [0.5, 0.6) is 0 Å². The van der Waals surface area contributed by atoms with Gasteiger partial charge in [0.25, 0.3) is 0 Å². The first-order valence-electron chi connectivity index (χ1n) is 24.9. The van der Waals surface area contributed by atoms with E-state index in [4.69, 9.17) is 0 Å². The summed E-state index contributed by atoms with van der Waals surface area (Å²) in [5.41, 5.74) is 16.9. The fraction of sp³-hybridized carbons (Fsp3) is 0. The minimum absolute atomic E-state index is 1.17. The van der Waals surface area contributed by atoms with E-state index in [0.717, 1.165) is 0 Å². The summed E-state index contributed by atoms with van der Waals surface area (Å²) < 4.78 is 0. The monoisotopic (exact) mass is 912 g/mol. The molecule has 0 bridgehead atoms. The lowest BCUT2D eigenvalue weighted by Gasteiger charge is -2.22. The van der Waals surface area contributed by atoms with Crippen LogP contribution in [-0.2, 0) is 0 Å². The van der Waals surface area contributed by atoms with Crippen LogP contribution in [0, 0.1) is 0 Å². The first-order valence-corrected chi connectivity index (χ1v) is 24.9. The molecule has 0 atom stereocenters. The van der Waals surface area contributed by atoms with Crippen LogP contribution < -0.4 is 0 Å². The molecule has 0 heteroatoms. The minimum atomic E-state index is 1.17. The second kappa shape index (κ2) is 18.5. The molecule has 0 saturated heterocycles. The number of rotatable bonds is 9. The number of benzene rings is 13. The van der Waals surface area contributed by atoms with Crippen molar-refractivity contribution in [2.75, 3.05) is 0 Å². The lowest BCUT2D eigenvalue weighted by Crippen LogP contribution is -1.95. The molecule has 336 valence electrons. The molecule has 0 amide bonds. The summed E-state index contributed by atoms with van der Waals surface area (Å²) in [6.07, 6.45) is 8.80. The van der Waals surface area contributed by atoms with Gasteiger partial charge < -0.3 is 0 Å². The average Bonchev–Trinajstić information content (AvgIpc) is 3.45. The Morgan fingerprint density at radius 3 is 1.14 bits per heavy atom. The molecule has 0 aliphatic heterocycles. The van der Waals surface area contributed by atoms with Crippen LogP contribution in [0.1, 0.15) is 22.3 Å². The maximum absolute atomic E-state index is 2.37.